The Labute approximate surface area is 61.6 Å². The third-order valence-corrected chi connectivity index (χ3v) is 0.839. The molecule has 0 aromatic rings. The fourth-order valence-electron chi connectivity index (χ4n) is 0.502. The Morgan fingerprint density at radius 3 is 3.00 bits per heavy atom. The Morgan fingerprint density at radius 2 is 2.78 bits per heavy atom. The number of aliphatic hydroxyl groups is 1. The molecule has 1 saturated heterocycles. The molecule has 0 saturated carbocycles. The topological polar surface area (TPSA) is 38.7 Å². The van der Waals surface area contributed by atoms with Crippen molar-refractivity contribution in [1.29, 1.82) is 0 Å². The van der Waals surface area contributed by atoms with Crippen LogP contribution in [0.4, 0.5) is 0 Å². The SMILES string of the molecule is [2H]C([2H])(O)C1([2H])OC(C)(C)OC1([2H])[2H]. The fraction of sp³-hybridized carbons (Fsp3) is 1.00. The van der Waals surface area contributed by atoms with Crippen molar-refractivity contribution in [2.45, 2.75) is 25.7 Å². The van der Waals surface area contributed by atoms with Crippen LogP contribution in [-0.2, 0) is 9.47 Å². The van der Waals surface area contributed by atoms with Gasteiger partial charge in [0.2, 0.25) is 0 Å². The lowest BCUT2D eigenvalue weighted by molar-refractivity contribution is -0.142. The zero-order valence-electron chi connectivity index (χ0n) is 10.3. The van der Waals surface area contributed by atoms with Gasteiger partial charge in [-0.15, -0.1) is 0 Å². The first kappa shape index (κ1) is 2.86. The van der Waals surface area contributed by atoms with Gasteiger partial charge in [0.1, 0.15) is 6.08 Å². The lowest BCUT2D eigenvalue weighted by Crippen LogP contribution is -2.22. The van der Waals surface area contributed by atoms with Crippen LogP contribution in [0.3, 0.4) is 0 Å². The highest BCUT2D eigenvalue weighted by Crippen LogP contribution is 2.21. The maximum atomic E-state index is 9.05. The molecule has 1 unspecified atom stereocenters. The normalized spacial score (nSPS) is 56.6. The minimum absolute atomic E-state index is 1.34. The van der Waals surface area contributed by atoms with Gasteiger partial charge in [0.25, 0.3) is 0 Å². The molecule has 0 bridgehead atoms. The summed E-state index contributed by atoms with van der Waals surface area (Å²) in [5.41, 5.74) is 0. The van der Waals surface area contributed by atoms with Gasteiger partial charge in [-0.05, 0) is 13.8 Å². The van der Waals surface area contributed by atoms with Crippen LogP contribution in [0.15, 0.2) is 0 Å². The molecule has 0 aromatic carbocycles. The van der Waals surface area contributed by atoms with E-state index in [0.29, 0.717) is 0 Å². The van der Waals surface area contributed by atoms with Crippen molar-refractivity contribution in [2.75, 3.05) is 13.1 Å². The van der Waals surface area contributed by atoms with Crippen LogP contribution in [0.5, 0.6) is 0 Å². The predicted octanol–water partition coefficient (Wildman–Crippen LogP) is 0.130. The molecule has 3 heteroatoms. The summed E-state index contributed by atoms with van der Waals surface area (Å²) >= 11 is 0. The molecule has 0 aromatic heterocycles. The largest absolute Gasteiger partial charge is 0.394 e. The molecule has 0 aliphatic carbocycles. The van der Waals surface area contributed by atoms with Crippen molar-refractivity contribution in [1.82, 2.24) is 0 Å². The molecule has 9 heavy (non-hydrogen) atoms. The number of ether oxygens (including phenoxy) is 2. The molecule has 1 heterocycles. The van der Waals surface area contributed by atoms with Gasteiger partial charge >= 0.3 is 0 Å². The molecule has 1 atom stereocenters. The van der Waals surface area contributed by atoms with Crippen molar-refractivity contribution in [3.63, 3.8) is 0 Å². The van der Waals surface area contributed by atoms with Crippen molar-refractivity contribution in [3.8, 4) is 0 Å². The summed E-state index contributed by atoms with van der Waals surface area (Å²) in [4.78, 5) is 0. The van der Waals surface area contributed by atoms with Gasteiger partial charge in [-0.2, -0.15) is 0 Å². The van der Waals surface area contributed by atoms with Gasteiger partial charge in [-0.1, -0.05) is 0 Å². The average molecular weight is 137 g/mol. The quantitative estimate of drug-likeness (QED) is 0.558. The van der Waals surface area contributed by atoms with Gasteiger partial charge in [-0.3, -0.25) is 0 Å². The van der Waals surface area contributed by atoms with Crippen LogP contribution in [-0.4, -0.2) is 30.1 Å². The Morgan fingerprint density at radius 1 is 2.11 bits per heavy atom. The second-order valence-corrected chi connectivity index (χ2v) is 2.15. The summed E-state index contributed by atoms with van der Waals surface area (Å²) < 4.78 is 45.4. The fourth-order valence-corrected chi connectivity index (χ4v) is 0.502. The minimum atomic E-state index is -3.15. The van der Waals surface area contributed by atoms with Gasteiger partial charge in [0.15, 0.2) is 5.79 Å². The van der Waals surface area contributed by atoms with E-state index >= 15 is 0 Å². The van der Waals surface area contributed by atoms with E-state index in [-0.39, 0.29) is 0 Å². The molecule has 3 nitrogen and oxygen atoms in total. The molecule has 54 valence electrons. The third-order valence-electron chi connectivity index (χ3n) is 0.839. The Balaban J connectivity index is 3.12. The zero-order chi connectivity index (χ0) is 11.4. The Bertz CT molecular complexity index is 248. The van der Waals surface area contributed by atoms with Gasteiger partial charge in [0.05, 0.1) is 20.0 Å². The number of rotatable bonds is 1. The highest BCUT2D eigenvalue weighted by molar-refractivity contribution is 4.69. The lowest BCUT2D eigenvalue weighted by atomic mass is 10.4. The van der Waals surface area contributed by atoms with Crippen molar-refractivity contribution < 1.29 is 21.4 Å². The molecule has 0 amide bonds. The van der Waals surface area contributed by atoms with Gasteiger partial charge in [0, 0.05) is 0 Å². The van der Waals surface area contributed by atoms with E-state index in [9.17, 15) is 0 Å². The molecular formula is C6H12O3. The highest BCUT2D eigenvalue weighted by Gasteiger charge is 2.31. The molecular weight excluding hydrogens is 120 g/mol. The van der Waals surface area contributed by atoms with E-state index < -0.39 is 25.0 Å². The van der Waals surface area contributed by atoms with E-state index in [4.69, 9.17) is 21.4 Å². The molecule has 0 spiro atoms. The zero-order valence-corrected chi connectivity index (χ0v) is 5.26. The summed E-state index contributed by atoms with van der Waals surface area (Å²) in [6.07, 6.45) is -2.79. The first-order valence-corrected chi connectivity index (χ1v) is 2.54. The molecule has 1 aliphatic heterocycles. The highest BCUT2D eigenvalue weighted by atomic mass is 16.7. The van der Waals surface area contributed by atoms with Crippen LogP contribution < -0.4 is 0 Å². The molecule has 1 N–H and O–H groups in total. The monoisotopic (exact) mass is 137 g/mol. The molecule has 0 radical (unpaired) electrons. The average Bonchev–Trinajstić information content (AvgIpc) is 1.94. The van der Waals surface area contributed by atoms with E-state index in [1.165, 1.54) is 13.8 Å². The second-order valence-electron chi connectivity index (χ2n) is 2.15. The van der Waals surface area contributed by atoms with Gasteiger partial charge < -0.3 is 14.6 Å². The van der Waals surface area contributed by atoms with E-state index in [1.54, 1.807) is 0 Å². The van der Waals surface area contributed by atoms with Crippen LogP contribution in [0.1, 0.15) is 20.7 Å². The van der Waals surface area contributed by atoms with Gasteiger partial charge in [-0.25, -0.2) is 0 Å². The first-order valence-electron chi connectivity index (χ1n) is 5.04. The predicted molar refractivity (Wildman–Crippen MR) is 32.0 cm³/mol. The first-order chi connectivity index (χ1) is 5.91. The summed E-state index contributed by atoms with van der Waals surface area (Å²) in [5, 5.41) is 9.05. The van der Waals surface area contributed by atoms with Crippen LogP contribution in [0, 0.1) is 0 Å². The third kappa shape index (κ3) is 1.64. The second kappa shape index (κ2) is 2.25. The minimum Gasteiger partial charge on any atom is -0.394 e. The molecule has 1 aliphatic rings. The number of hydrogen-bond donors (Lipinski definition) is 1. The molecule has 1 rings (SSSR count). The standard InChI is InChI=1S/C6H12O3/c1-6(2)8-4-5(3-7)9-6/h5,7H,3-4H2,1-2H3/i3D2,4D2,5D. The van der Waals surface area contributed by atoms with Crippen LogP contribution in [0.2, 0.25) is 0 Å². The maximum absolute atomic E-state index is 9.05. The molecule has 1 fully saturated rings. The Kier molecular flexibility index (Phi) is 0.715. The van der Waals surface area contributed by atoms with Crippen LogP contribution >= 0.6 is 0 Å². The van der Waals surface area contributed by atoms with Crippen molar-refractivity contribution >= 4 is 0 Å². The van der Waals surface area contributed by atoms with E-state index in [2.05, 4.69) is 0 Å². The maximum Gasteiger partial charge on any atom is 0.163 e. The summed E-state index contributed by atoms with van der Waals surface area (Å²) in [6, 6.07) is 0. The van der Waals surface area contributed by atoms with E-state index in [1.807, 2.05) is 0 Å². The van der Waals surface area contributed by atoms with Crippen molar-refractivity contribution in [3.05, 3.63) is 0 Å². The number of hydrogen-bond acceptors (Lipinski definition) is 3. The Hall–Kier alpha value is -0.120. The van der Waals surface area contributed by atoms with Crippen LogP contribution in [0.25, 0.3) is 0 Å². The summed E-state index contributed by atoms with van der Waals surface area (Å²) in [5.74, 6) is -1.44. The van der Waals surface area contributed by atoms with Crippen molar-refractivity contribution in [2.24, 2.45) is 0 Å². The smallest absolute Gasteiger partial charge is 0.163 e. The van der Waals surface area contributed by atoms with E-state index in [0.717, 1.165) is 0 Å². The lowest BCUT2D eigenvalue weighted by Gasteiger charge is -2.15. The summed E-state index contributed by atoms with van der Waals surface area (Å²) in [6.45, 7) is -3.18. The summed E-state index contributed by atoms with van der Waals surface area (Å²) in [7, 11) is 0.